The number of hydrogen-bond donors (Lipinski definition) is 1. The summed E-state index contributed by atoms with van der Waals surface area (Å²) in [7, 11) is 0. The molecule has 0 aromatic carbocycles. The number of ether oxygens (including phenoxy) is 2. The van der Waals surface area contributed by atoms with Gasteiger partial charge in [-0.2, -0.15) is 4.98 Å². The van der Waals surface area contributed by atoms with Crippen LogP contribution in [0.2, 0.25) is 0 Å². The Hall–Kier alpha value is -1.36. The lowest BCUT2D eigenvalue weighted by atomic mass is 10.2. The summed E-state index contributed by atoms with van der Waals surface area (Å²) in [6, 6.07) is 1.77. The van der Waals surface area contributed by atoms with E-state index in [4.69, 9.17) is 15.2 Å². The molecule has 5 nitrogen and oxygen atoms in total. The van der Waals surface area contributed by atoms with Gasteiger partial charge in [0, 0.05) is 18.4 Å². The van der Waals surface area contributed by atoms with Crippen LogP contribution < -0.4 is 10.5 Å². The first-order chi connectivity index (χ1) is 7.24. The van der Waals surface area contributed by atoms with Crippen molar-refractivity contribution in [1.82, 2.24) is 9.97 Å². The third kappa shape index (κ3) is 2.79. The van der Waals surface area contributed by atoms with Gasteiger partial charge in [0.15, 0.2) is 0 Å². The van der Waals surface area contributed by atoms with E-state index in [-0.39, 0.29) is 12.1 Å². The SMILES string of the molecule is Cc1cc(OCC2CCCO2)nc(N)n1. The lowest BCUT2D eigenvalue weighted by Gasteiger charge is -2.10. The summed E-state index contributed by atoms with van der Waals surface area (Å²) in [5, 5.41) is 0. The fourth-order valence-electron chi connectivity index (χ4n) is 1.59. The van der Waals surface area contributed by atoms with Crippen LogP contribution in [0.5, 0.6) is 5.88 Å². The zero-order chi connectivity index (χ0) is 10.7. The van der Waals surface area contributed by atoms with Gasteiger partial charge in [-0.15, -0.1) is 0 Å². The largest absolute Gasteiger partial charge is 0.475 e. The van der Waals surface area contributed by atoms with Crippen molar-refractivity contribution >= 4 is 5.95 Å². The summed E-state index contributed by atoms with van der Waals surface area (Å²) in [4.78, 5) is 7.95. The minimum atomic E-state index is 0.196. The van der Waals surface area contributed by atoms with E-state index in [1.54, 1.807) is 6.07 Å². The molecule has 1 atom stereocenters. The molecule has 1 unspecified atom stereocenters. The average Bonchev–Trinajstić information content (AvgIpc) is 2.65. The van der Waals surface area contributed by atoms with E-state index in [1.807, 2.05) is 6.92 Å². The monoisotopic (exact) mass is 209 g/mol. The number of aromatic nitrogens is 2. The predicted octanol–water partition coefficient (Wildman–Crippen LogP) is 0.925. The molecule has 1 aromatic rings. The van der Waals surface area contributed by atoms with Crippen LogP contribution in [0.1, 0.15) is 18.5 Å². The maximum absolute atomic E-state index is 5.51. The fourth-order valence-corrected chi connectivity index (χ4v) is 1.59. The Labute approximate surface area is 88.6 Å². The summed E-state index contributed by atoms with van der Waals surface area (Å²) < 4.78 is 10.9. The summed E-state index contributed by atoms with van der Waals surface area (Å²) >= 11 is 0. The van der Waals surface area contributed by atoms with Crippen molar-refractivity contribution in [2.24, 2.45) is 0 Å². The van der Waals surface area contributed by atoms with E-state index in [1.165, 1.54) is 0 Å². The normalized spacial score (nSPS) is 20.5. The molecular weight excluding hydrogens is 194 g/mol. The lowest BCUT2D eigenvalue weighted by Crippen LogP contribution is -2.17. The molecule has 0 spiro atoms. The quantitative estimate of drug-likeness (QED) is 0.801. The highest BCUT2D eigenvalue weighted by molar-refractivity contribution is 5.25. The van der Waals surface area contributed by atoms with E-state index in [0.717, 1.165) is 25.1 Å². The zero-order valence-electron chi connectivity index (χ0n) is 8.77. The van der Waals surface area contributed by atoms with Crippen molar-refractivity contribution in [3.63, 3.8) is 0 Å². The predicted molar refractivity (Wildman–Crippen MR) is 55.7 cm³/mol. The molecule has 1 aliphatic heterocycles. The van der Waals surface area contributed by atoms with E-state index in [9.17, 15) is 0 Å². The Kier molecular flexibility index (Phi) is 3.01. The molecular formula is C10H15N3O2. The van der Waals surface area contributed by atoms with Gasteiger partial charge in [0.05, 0.1) is 6.10 Å². The summed E-state index contributed by atoms with van der Waals surface area (Å²) in [5.41, 5.74) is 6.32. The first-order valence-electron chi connectivity index (χ1n) is 5.09. The fraction of sp³-hybridized carbons (Fsp3) is 0.600. The average molecular weight is 209 g/mol. The molecule has 0 saturated carbocycles. The van der Waals surface area contributed by atoms with Gasteiger partial charge in [-0.05, 0) is 19.8 Å². The van der Waals surface area contributed by atoms with Crippen molar-refractivity contribution < 1.29 is 9.47 Å². The maximum Gasteiger partial charge on any atom is 0.223 e. The molecule has 1 aliphatic rings. The number of hydrogen-bond acceptors (Lipinski definition) is 5. The first-order valence-corrected chi connectivity index (χ1v) is 5.09. The minimum absolute atomic E-state index is 0.196. The summed E-state index contributed by atoms with van der Waals surface area (Å²) in [6.45, 7) is 3.23. The molecule has 2 heterocycles. The second kappa shape index (κ2) is 4.44. The van der Waals surface area contributed by atoms with Gasteiger partial charge in [-0.1, -0.05) is 0 Å². The van der Waals surface area contributed by atoms with Gasteiger partial charge in [-0.25, -0.2) is 4.98 Å². The molecule has 2 N–H and O–H groups in total. The smallest absolute Gasteiger partial charge is 0.223 e. The topological polar surface area (TPSA) is 70.3 Å². The Morgan fingerprint density at radius 1 is 1.60 bits per heavy atom. The van der Waals surface area contributed by atoms with Crippen LogP contribution in [0.3, 0.4) is 0 Å². The number of anilines is 1. The number of nitrogens with zero attached hydrogens (tertiary/aromatic N) is 2. The first kappa shape index (κ1) is 10.2. The zero-order valence-corrected chi connectivity index (χ0v) is 8.77. The van der Waals surface area contributed by atoms with Crippen molar-refractivity contribution in [2.75, 3.05) is 18.9 Å². The Morgan fingerprint density at radius 2 is 2.47 bits per heavy atom. The molecule has 0 radical (unpaired) electrons. The number of aryl methyl sites for hydroxylation is 1. The van der Waals surface area contributed by atoms with Gasteiger partial charge in [0.25, 0.3) is 0 Å². The van der Waals surface area contributed by atoms with Crippen LogP contribution >= 0.6 is 0 Å². The molecule has 1 aromatic heterocycles. The summed E-state index contributed by atoms with van der Waals surface area (Å²) in [5.74, 6) is 0.771. The van der Waals surface area contributed by atoms with Crippen molar-refractivity contribution in [1.29, 1.82) is 0 Å². The highest BCUT2D eigenvalue weighted by Crippen LogP contribution is 2.15. The molecule has 1 saturated heterocycles. The molecule has 2 rings (SSSR count). The van der Waals surface area contributed by atoms with Crippen LogP contribution in [-0.2, 0) is 4.74 Å². The number of nitrogen functional groups attached to an aromatic ring is 1. The van der Waals surface area contributed by atoms with E-state index in [2.05, 4.69) is 9.97 Å². The highest BCUT2D eigenvalue weighted by atomic mass is 16.5. The van der Waals surface area contributed by atoms with E-state index in [0.29, 0.717) is 12.5 Å². The number of nitrogens with two attached hydrogens (primary N) is 1. The second-order valence-corrected chi connectivity index (χ2v) is 3.65. The summed E-state index contributed by atoms with van der Waals surface area (Å²) in [6.07, 6.45) is 2.36. The van der Waals surface area contributed by atoms with Crippen LogP contribution in [0, 0.1) is 6.92 Å². The molecule has 82 valence electrons. The highest BCUT2D eigenvalue weighted by Gasteiger charge is 2.16. The Bertz CT molecular complexity index is 317. The number of rotatable bonds is 3. The molecule has 0 bridgehead atoms. The Balaban J connectivity index is 1.92. The van der Waals surface area contributed by atoms with Crippen molar-refractivity contribution in [3.05, 3.63) is 11.8 Å². The molecule has 1 fully saturated rings. The molecule has 5 heteroatoms. The maximum atomic E-state index is 5.51. The van der Waals surface area contributed by atoms with E-state index >= 15 is 0 Å². The van der Waals surface area contributed by atoms with Gasteiger partial charge >= 0.3 is 0 Å². The van der Waals surface area contributed by atoms with Crippen LogP contribution in [0.25, 0.3) is 0 Å². The lowest BCUT2D eigenvalue weighted by molar-refractivity contribution is 0.0663. The van der Waals surface area contributed by atoms with Crippen LogP contribution in [0.4, 0.5) is 5.95 Å². The van der Waals surface area contributed by atoms with Gasteiger partial charge in [0.2, 0.25) is 11.8 Å². The standard InChI is InChI=1S/C10H15N3O2/c1-7-5-9(13-10(11)12-7)15-6-8-3-2-4-14-8/h5,8H,2-4,6H2,1H3,(H2,11,12,13). The van der Waals surface area contributed by atoms with Gasteiger partial charge < -0.3 is 15.2 Å². The minimum Gasteiger partial charge on any atom is -0.475 e. The van der Waals surface area contributed by atoms with Crippen LogP contribution in [-0.4, -0.2) is 29.3 Å². The van der Waals surface area contributed by atoms with Gasteiger partial charge in [-0.3, -0.25) is 0 Å². The van der Waals surface area contributed by atoms with E-state index < -0.39 is 0 Å². The van der Waals surface area contributed by atoms with Gasteiger partial charge in [0.1, 0.15) is 6.61 Å². The molecule has 15 heavy (non-hydrogen) atoms. The van der Waals surface area contributed by atoms with Crippen molar-refractivity contribution in [2.45, 2.75) is 25.9 Å². The molecule has 0 amide bonds. The second-order valence-electron chi connectivity index (χ2n) is 3.65. The molecule has 0 aliphatic carbocycles. The van der Waals surface area contributed by atoms with Crippen LogP contribution in [0.15, 0.2) is 6.07 Å². The Morgan fingerprint density at radius 3 is 3.13 bits per heavy atom. The third-order valence-corrected chi connectivity index (χ3v) is 2.29. The van der Waals surface area contributed by atoms with Crippen molar-refractivity contribution in [3.8, 4) is 5.88 Å². The third-order valence-electron chi connectivity index (χ3n) is 2.29.